The van der Waals surface area contributed by atoms with E-state index in [1.165, 1.54) is 23.5 Å². The summed E-state index contributed by atoms with van der Waals surface area (Å²) in [7, 11) is -2.30. The summed E-state index contributed by atoms with van der Waals surface area (Å²) in [5, 5.41) is 11.0. The van der Waals surface area contributed by atoms with E-state index < -0.39 is 14.9 Å². The Morgan fingerprint density at radius 1 is 1.45 bits per heavy atom. The Kier molecular flexibility index (Phi) is 5.91. The lowest BCUT2D eigenvalue weighted by Crippen LogP contribution is -2.43. The Bertz CT molecular complexity index is 661. The molecule has 1 aromatic carbocycles. The van der Waals surface area contributed by atoms with Gasteiger partial charge in [-0.3, -0.25) is 10.1 Å². The fourth-order valence-electron chi connectivity index (χ4n) is 2.41. The van der Waals surface area contributed by atoms with Crippen LogP contribution in [0, 0.1) is 23.0 Å². The van der Waals surface area contributed by atoms with Crippen LogP contribution in [0.15, 0.2) is 23.1 Å². The first-order valence-corrected chi connectivity index (χ1v) is 8.16. The molecule has 0 heterocycles. The van der Waals surface area contributed by atoms with Crippen LogP contribution in [0.1, 0.15) is 18.4 Å². The second-order valence-electron chi connectivity index (χ2n) is 5.37. The van der Waals surface area contributed by atoms with Gasteiger partial charge in [0.25, 0.3) is 5.69 Å². The third kappa shape index (κ3) is 3.57. The third-order valence-corrected chi connectivity index (χ3v) is 5.81. The number of hydrogen-bond donors (Lipinski definition) is 1. The first kappa shape index (κ1) is 18.8. The maximum Gasteiger partial charge on any atom is 0.273 e. The average molecular weight is 350 g/mol. The molecule has 0 aromatic heterocycles. The minimum atomic E-state index is -3.78. The van der Waals surface area contributed by atoms with Crippen LogP contribution in [-0.4, -0.2) is 37.3 Å². The molecule has 1 aromatic rings. The average Bonchev–Trinajstić information content (AvgIpc) is 3.24. The molecule has 1 saturated carbocycles. The van der Waals surface area contributed by atoms with Crippen molar-refractivity contribution in [1.29, 1.82) is 0 Å². The molecule has 124 valence electrons. The van der Waals surface area contributed by atoms with E-state index in [2.05, 4.69) is 0 Å². The molecule has 1 aliphatic carbocycles. The van der Waals surface area contributed by atoms with Crippen LogP contribution in [0.25, 0.3) is 0 Å². The van der Waals surface area contributed by atoms with E-state index in [-0.39, 0.29) is 41.5 Å². The number of halogens is 1. The molecule has 0 spiro atoms. The molecule has 0 radical (unpaired) electrons. The maximum atomic E-state index is 12.6. The van der Waals surface area contributed by atoms with Gasteiger partial charge in [-0.25, -0.2) is 8.42 Å². The van der Waals surface area contributed by atoms with Gasteiger partial charge >= 0.3 is 0 Å². The summed E-state index contributed by atoms with van der Waals surface area (Å²) in [5.74, 6) is 0.287. The largest absolute Gasteiger partial charge is 0.329 e. The van der Waals surface area contributed by atoms with Crippen molar-refractivity contribution in [3.05, 3.63) is 33.9 Å². The standard InChI is InChI=1S/C13H19N3O4S.ClH/c1-9-3-6-11(7-12(9)16(17)18)21(19,20)15(2)13(8-14)10-4-5-10;/h3,6-7,10,13H,4-5,8,14H2,1-2H3;1H. The van der Waals surface area contributed by atoms with Crippen molar-refractivity contribution in [1.82, 2.24) is 4.31 Å². The molecule has 0 bridgehead atoms. The fraction of sp³-hybridized carbons (Fsp3) is 0.538. The molecular weight excluding hydrogens is 330 g/mol. The molecule has 9 heteroatoms. The van der Waals surface area contributed by atoms with Gasteiger partial charge in [0, 0.05) is 31.3 Å². The Hall–Kier alpha value is -1.22. The zero-order chi connectivity index (χ0) is 15.8. The van der Waals surface area contributed by atoms with Crippen LogP contribution in [0.5, 0.6) is 0 Å². The van der Waals surface area contributed by atoms with E-state index in [1.807, 2.05) is 0 Å². The van der Waals surface area contributed by atoms with Crippen molar-refractivity contribution in [3.8, 4) is 0 Å². The number of hydrogen-bond acceptors (Lipinski definition) is 5. The van der Waals surface area contributed by atoms with E-state index >= 15 is 0 Å². The molecule has 0 saturated heterocycles. The van der Waals surface area contributed by atoms with Gasteiger partial charge in [0.15, 0.2) is 0 Å². The van der Waals surface area contributed by atoms with Crippen molar-refractivity contribution in [3.63, 3.8) is 0 Å². The highest BCUT2D eigenvalue weighted by Gasteiger charge is 2.38. The molecule has 1 unspecified atom stereocenters. The minimum absolute atomic E-state index is 0. The van der Waals surface area contributed by atoms with Crippen LogP contribution in [0.2, 0.25) is 0 Å². The van der Waals surface area contributed by atoms with Gasteiger partial charge in [-0.2, -0.15) is 4.31 Å². The van der Waals surface area contributed by atoms with E-state index in [1.54, 1.807) is 6.92 Å². The van der Waals surface area contributed by atoms with Gasteiger partial charge in [0.2, 0.25) is 10.0 Å². The second-order valence-corrected chi connectivity index (χ2v) is 7.36. The fourth-order valence-corrected chi connectivity index (χ4v) is 3.86. The van der Waals surface area contributed by atoms with Crippen molar-refractivity contribution < 1.29 is 13.3 Å². The van der Waals surface area contributed by atoms with Crippen LogP contribution < -0.4 is 5.73 Å². The molecule has 2 rings (SSSR count). The Morgan fingerprint density at radius 3 is 2.50 bits per heavy atom. The Balaban J connectivity index is 0.00000242. The van der Waals surface area contributed by atoms with E-state index in [9.17, 15) is 18.5 Å². The molecule has 1 atom stereocenters. The van der Waals surface area contributed by atoms with Crippen LogP contribution in [0.3, 0.4) is 0 Å². The number of benzene rings is 1. The van der Waals surface area contributed by atoms with Gasteiger partial charge in [-0.15, -0.1) is 12.4 Å². The number of nitrogens with zero attached hydrogens (tertiary/aromatic N) is 2. The number of rotatable bonds is 6. The number of likely N-dealkylation sites (N-methyl/N-ethyl adjacent to an activating group) is 1. The lowest BCUT2D eigenvalue weighted by Gasteiger charge is -2.26. The van der Waals surface area contributed by atoms with Crippen LogP contribution in [-0.2, 0) is 10.0 Å². The molecule has 22 heavy (non-hydrogen) atoms. The van der Waals surface area contributed by atoms with Gasteiger partial charge in [0.1, 0.15) is 0 Å². The summed E-state index contributed by atoms with van der Waals surface area (Å²) in [6.45, 7) is 1.82. The van der Waals surface area contributed by atoms with Crippen molar-refractivity contribution in [2.24, 2.45) is 11.7 Å². The van der Waals surface area contributed by atoms with Gasteiger partial charge < -0.3 is 5.73 Å². The smallest absolute Gasteiger partial charge is 0.273 e. The normalized spacial score (nSPS) is 16.2. The highest BCUT2D eigenvalue weighted by atomic mass is 35.5. The van der Waals surface area contributed by atoms with Crippen LogP contribution in [0.4, 0.5) is 5.69 Å². The van der Waals surface area contributed by atoms with E-state index in [4.69, 9.17) is 5.73 Å². The monoisotopic (exact) mass is 349 g/mol. The SMILES string of the molecule is Cc1ccc(S(=O)(=O)N(C)C(CN)C2CC2)cc1[N+](=O)[O-].Cl. The zero-order valence-corrected chi connectivity index (χ0v) is 14.1. The lowest BCUT2D eigenvalue weighted by molar-refractivity contribution is -0.385. The van der Waals surface area contributed by atoms with Crippen molar-refractivity contribution in [2.45, 2.75) is 30.7 Å². The number of nitro benzene ring substituents is 1. The molecule has 0 aliphatic heterocycles. The predicted molar refractivity (Wildman–Crippen MR) is 85.6 cm³/mol. The number of nitrogens with two attached hydrogens (primary N) is 1. The number of aryl methyl sites for hydroxylation is 1. The summed E-state index contributed by atoms with van der Waals surface area (Å²) in [4.78, 5) is 10.3. The molecule has 1 aliphatic rings. The predicted octanol–water partition coefficient (Wildman–Crippen LogP) is 1.68. The number of sulfonamides is 1. The maximum absolute atomic E-state index is 12.6. The molecule has 0 amide bonds. The van der Waals surface area contributed by atoms with Crippen molar-refractivity contribution in [2.75, 3.05) is 13.6 Å². The second kappa shape index (κ2) is 6.91. The molecule has 2 N–H and O–H groups in total. The first-order valence-electron chi connectivity index (χ1n) is 6.72. The number of nitro groups is 1. The molecular formula is C13H20ClN3O4S. The highest BCUT2D eigenvalue weighted by Crippen LogP contribution is 2.36. The third-order valence-electron chi connectivity index (χ3n) is 3.93. The minimum Gasteiger partial charge on any atom is -0.329 e. The highest BCUT2D eigenvalue weighted by molar-refractivity contribution is 7.89. The van der Waals surface area contributed by atoms with E-state index in [0.29, 0.717) is 5.56 Å². The summed E-state index contributed by atoms with van der Waals surface area (Å²) in [6, 6.07) is 3.71. The summed E-state index contributed by atoms with van der Waals surface area (Å²) < 4.78 is 26.4. The molecule has 7 nitrogen and oxygen atoms in total. The quantitative estimate of drug-likeness (QED) is 0.621. The zero-order valence-electron chi connectivity index (χ0n) is 12.4. The Labute approximate surface area is 136 Å². The van der Waals surface area contributed by atoms with Gasteiger partial charge in [-0.05, 0) is 31.7 Å². The summed E-state index contributed by atoms with van der Waals surface area (Å²) in [6.07, 6.45) is 1.94. The topological polar surface area (TPSA) is 107 Å². The lowest BCUT2D eigenvalue weighted by atomic mass is 10.2. The summed E-state index contributed by atoms with van der Waals surface area (Å²) >= 11 is 0. The summed E-state index contributed by atoms with van der Waals surface area (Å²) in [5.41, 5.74) is 5.91. The van der Waals surface area contributed by atoms with Gasteiger partial charge in [0.05, 0.1) is 9.82 Å². The molecule has 1 fully saturated rings. The Morgan fingerprint density at radius 2 is 2.05 bits per heavy atom. The first-order chi connectivity index (χ1) is 9.78. The van der Waals surface area contributed by atoms with E-state index in [0.717, 1.165) is 18.9 Å². The van der Waals surface area contributed by atoms with Crippen LogP contribution >= 0.6 is 12.4 Å². The van der Waals surface area contributed by atoms with Gasteiger partial charge in [-0.1, -0.05) is 6.07 Å². The van der Waals surface area contributed by atoms with Crippen molar-refractivity contribution >= 4 is 28.1 Å².